The van der Waals surface area contributed by atoms with E-state index in [2.05, 4.69) is 42.6 Å². The highest BCUT2D eigenvalue weighted by Crippen LogP contribution is 2.31. The van der Waals surface area contributed by atoms with Gasteiger partial charge in [-0.1, -0.05) is 66.7 Å². The van der Waals surface area contributed by atoms with Crippen LogP contribution in [0.1, 0.15) is 25.3 Å². The molecule has 1 aliphatic rings. The average Bonchev–Trinajstić information content (AvgIpc) is 2.93. The molecule has 2 N–H and O–H groups in total. The van der Waals surface area contributed by atoms with Crippen molar-refractivity contribution in [3.05, 3.63) is 90.8 Å². The standard InChI is InChI=1S/C29H30N6O2/c1-21(36)32-27-18-24(12-13-26(27)23-10-6-3-7-11-23)33-28-30-20-31-29(34-28)35-16-14-25(15-17-35)37-19-22-8-4-2-5-9-22/h2-13,18,20,25H,14-17,19H2,1H3,(H,32,36)(H,30,31,33,34). The summed E-state index contributed by atoms with van der Waals surface area (Å²) in [7, 11) is 0. The molecule has 2 heterocycles. The van der Waals surface area contributed by atoms with Gasteiger partial charge in [-0.2, -0.15) is 4.98 Å². The van der Waals surface area contributed by atoms with Crippen molar-refractivity contribution in [3.63, 3.8) is 0 Å². The maximum Gasteiger partial charge on any atom is 0.231 e. The zero-order valence-electron chi connectivity index (χ0n) is 20.8. The lowest BCUT2D eigenvalue weighted by atomic mass is 10.0. The molecule has 1 amide bonds. The molecule has 1 fully saturated rings. The number of nitrogens with one attached hydrogen (secondary N) is 2. The SMILES string of the molecule is CC(=O)Nc1cc(Nc2ncnc(N3CCC(OCc4ccccc4)CC3)n2)ccc1-c1ccccc1. The van der Waals surface area contributed by atoms with Crippen LogP contribution in [0.4, 0.5) is 23.3 Å². The Bertz CT molecular complexity index is 1320. The van der Waals surface area contributed by atoms with Crippen LogP contribution >= 0.6 is 0 Å². The minimum atomic E-state index is -0.132. The Hall–Kier alpha value is -4.30. The van der Waals surface area contributed by atoms with Gasteiger partial charge in [-0.15, -0.1) is 0 Å². The van der Waals surface area contributed by atoms with Gasteiger partial charge in [0, 0.05) is 31.3 Å². The van der Waals surface area contributed by atoms with Gasteiger partial charge >= 0.3 is 0 Å². The molecule has 0 spiro atoms. The van der Waals surface area contributed by atoms with Gasteiger partial charge < -0.3 is 20.3 Å². The minimum absolute atomic E-state index is 0.132. The van der Waals surface area contributed by atoms with E-state index in [0.29, 0.717) is 18.5 Å². The maximum absolute atomic E-state index is 11.8. The van der Waals surface area contributed by atoms with Gasteiger partial charge in [0.15, 0.2) is 0 Å². The van der Waals surface area contributed by atoms with Crippen molar-refractivity contribution < 1.29 is 9.53 Å². The molecule has 1 saturated heterocycles. The third kappa shape index (κ3) is 6.48. The third-order valence-electron chi connectivity index (χ3n) is 6.28. The Morgan fingerprint density at radius 2 is 1.70 bits per heavy atom. The number of carbonyl (C=O) groups is 1. The van der Waals surface area contributed by atoms with Crippen molar-refractivity contribution >= 4 is 29.2 Å². The minimum Gasteiger partial charge on any atom is -0.373 e. The summed E-state index contributed by atoms with van der Waals surface area (Å²) in [6.45, 7) is 3.78. The Morgan fingerprint density at radius 3 is 2.43 bits per heavy atom. The quantitative estimate of drug-likeness (QED) is 0.338. The van der Waals surface area contributed by atoms with Crippen molar-refractivity contribution in [3.8, 4) is 11.1 Å². The van der Waals surface area contributed by atoms with Gasteiger partial charge in [0.25, 0.3) is 0 Å². The molecule has 5 rings (SSSR count). The lowest BCUT2D eigenvalue weighted by Gasteiger charge is -2.31. The van der Waals surface area contributed by atoms with Crippen LogP contribution in [-0.4, -0.2) is 40.1 Å². The second-order valence-corrected chi connectivity index (χ2v) is 9.02. The van der Waals surface area contributed by atoms with Crippen molar-refractivity contribution in [1.29, 1.82) is 0 Å². The first-order valence-corrected chi connectivity index (χ1v) is 12.5. The van der Waals surface area contributed by atoms with Gasteiger partial charge in [0.05, 0.1) is 18.4 Å². The van der Waals surface area contributed by atoms with Crippen LogP contribution in [0.3, 0.4) is 0 Å². The number of hydrogen-bond donors (Lipinski definition) is 2. The zero-order valence-corrected chi connectivity index (χ0v) is 20.8. The Kier molecular flexibility index (Phi) is 7.66. The van der Waals surface area contributed by atoms with Crippen LogP contribution < -0.4 is 15.5 Å². The summed E-state index contributed by atoms with van der Waals surface area (Å²) < 4.78 is 6.11. The van der Waals surface area contributed by atoms with Crippen LogP contribution in [0, 0.1) is 0 Å². The molecule has 1 aromatic heterocycles. The van der Waals surface area contributed by atoms with E-state index in [4.69, 9.17) is 4.74 Å². The summed E-state index contributed by atoms with van der Waals surface area (Å²) in [5.74, 6) is 0.962. The molecular formula is C29H30N6O2. The van der Waals surface area contributed by atoms with Gasteiger partial charge in [0.1, 0.15) is 6.33 Å². The molecule has 0 bridgehead atoms. The summed E-state index contributed by atoms with van der Waals surface area (Å²) in [4.78, 5) is 27.4. The second-order valence-electron chi connectivity index (χ2n) is 9.02. The Morgan fingerprint density at radius 1 is 0.973 bits per heavy atom. The first-order valence-electron chi connectivity index (χ1n) is 12.5. The molecule has 37 heavy (non-hydrogen) atoms. The largest absolute Gasteiger partial charge is 0.373 e. The molecule has 1 aliphatic heterocycles. The first-order chi connectivity index (χ1) is 18.1. The highest BCUT2D eigenvalue weighted by molar-refractivity contribution is 5.95. The van der Waals surface area contributed by atoms with Crippen molar-refractivity contribution in [2.45, 2.75) is 32.5 Å². The van der Waals surface area contributed by atoms with Gasteiger partial charge in [-0.05, 0) is 36.1 Å². The normalized spacial score (nSPS) is 13.8. The molecule has 8 heteroatoms. The zero-order chi connectivity index (χ0) is 25.5. The van der Waals surface area contributed by atoms with Crippen LogP contribution in [0.25, 0.3) is 11.1 Å². The molecule has 3 aromatic carbocycles. The monoisotopic (exact) mass is 494 g/mol. The predicted octanol–water partition coefficient (Wildman–Crippen LogP) is 5.43. The van der Waals surface area contributed by atoms with Crippen molar-refractivity contribution in [2.24, 2.45) is 0 Å². The van der Waals surface area contributed by atoms with E-state index in [1.165, 1.54) is 18.8 Å². The number of piperidine rings is 1. The number of rotatable bonds is 8. The summed E-state index contributed by atoms with van der Waals surface area (Å²) in [6.07, 6.45) is 3.59. The summed E-state index contributed by atoms with van der Waals surface area (Å²) in [5, 5.41) is 6.19. The maximum atomic E-state index is 11.8. The fourth-order valence-corrected chi connectivity index (χ4v) is 4.42. The van der Waals surface area contributed by atoms with E-state index in [1.54, 1.807) is 0 Å². The molecular weight excluding hydrogens is 464 g/mol. The summed E-state index contributed by atoms with van der Waals surface area (Å²) in [6, 6.07) is 26.0. The van der Waals surface area contributed by atoms with Crippen LogP contribution in [0.2, 0.25) is 0 Å². The van der Waals surface area contributed by atoms with Crippen molar-refractivity contribution in [1.82, 2.24) is 15.0 Å². The van der Waals surface area contributed by atoms with E-state index in [0.717, 1.165) is 48.4 Å². The predicted molar refractivity (Wildman–Crippen MR) is 146 cm³/mol. The number of benzene rings is 3. The lowest BCUT2D eigenvalue weighted by molar-refractivity contribution is -0.114. The third-order valence-corrected chi connectivity index (χ3v) is 6.28. The van der Waals surface area contributed by atoms with E-state index >= 15 is 0 Å². The highest BCUT2D eigenvalue weighted by Gasteiger charge is 2.22. The summed E-state index contributed by atoms with van der Waals surface area (Å²) in [5.41, 5.74) is 4.65. The fourth-order valence-electron chi connectivity index (χ4n) is 4.42. The van der Waals surface area contributed by atoms with Crippen molar-refractivity contribution in [2.75, 3.05) is 28.6 Å². The van der Waals surface area contributed by atoms with Gasteiger partial charge in [0.2, 0.25) is 17.8 Å². The van der Waals surface area contributed by atoms with E-state index in [9.17, 15) is 4.79 Å². The molecule has 0 saturated carbocycles. The first kappa shape index (κ1) is 24.4. The van der Waals surface area contributed by atoms with Gasteiger partial charge in [-0.3, -0.25) is 4.79 Å². The number of hydrogen-bond acceptors (Lipinski definition) is 7. The molecule has 8 nitrogen and oxygen atoms in total. The molecule has 0 atom stereocenters. The Balaban J connectivity index is 1.23. The van der Waals surface area contributed by atoms with Gasteiger partial charge in [-0.25, -0.2) is 9.97 Å². The van der Waals surface area contributed by atoms with Crippen LogP contribution in [0.5, 0.6) is 0 Å². The number of nitrogens with zero attached hydrogens (tertiary/aromatic N) is 4. The summed E-state index contributed by atoms with van der Waals surface area (Å²) >= 11 is 0. The fraction of sp³-hybridized carbons (Fsp3) is 0.241. The van der Waals surface area contributed by atoms with Crippen LogP contribution in [-0.2, 0) is 16.1 Å². The molecule has 0 aliphatic carbocycles. The lowest BCUT2D eigenvalue weighted by Crippen LogP contribution is -2.38. The average molecular weight is 495 g/mol. The molecule has 0 unspecified atom stereocenters. The number of carbonyl (C=O) groups excluding carboxylic acids is 1. The number of anilines is 4. The topological polar surface area (TPSA) is 92.3 Å². The smallest absolute Gasteiger partial charge is 0.231 e. The van der Waals surface area contributed by atoms with Crippen LogP contribution in [0.15, 0.2) is 85.2 Å². The van der Waals surface area contributed by atoms with E-state index in [-0.39, 0.29) is 12.0 Å². The number of amides is 1. The number of ether oxygens (including phenoxy) is 1. The molecule has 188 valence electrons. The Labute approximate surface area is 216 Å². The highest BCUT2D eigenvalue weighted by atomic mass is 16.5. The number of aromatic nitrogens is 3. The van der Waals surface area contributed by atoms with E-state index < -0.39 is 0 Å². The second kappa shape index (κ2) is 11.6. The molecule has 4 aromatic rings. The molecule has 0 radical (unpaired) electrons. The van der Waals surface area contributed by atoms with E-state index in [1.807, 2.05) is 66.7 Å².